The van der Waals surface area contributed by atoms with Crippen molar-refractivity contribution in [1.82, 2.24) is 19.4 Å². The van der Waals surface area contributed by atoms with Gasteiger partial charge in [-0.05, 0) is 65.2 Å². The molecule has 5 rings (SSSR count). The smallest absolute Gasteiger partial charge is 0.410 e. The van der Waals surface area contributed by atoms with Gasteiger partial charge in [-0.2, -0.15) is 0 Å². The summed E-state index contributed by atoms with van der Waals surface area (Å²) in [5, 5.41) is 0.634. The number of benzene rings is 1. The second-order valence-corrected chi connectivity index (χ2v) is 13.6. The average Bonchev–Trinajstić information content (AvgIpc) is 3.16. The minimum absolute atomic E-state index is 0.00662. The van der Waals surface area contributed by atoms with Crippen molar-refractivity contribution in [2.75, 3.05) is 26.0 Å². The van der Waals surface area contributed by atoms with Crippen LogP contribution in [0.15, 0.2) is 29.3 Å². The van der Waals surface area contributed by atoms with Gasteiger partial charge in [-0.3, -0.25) is 9.36 Å². The Labute approximate surface area is 233 Å². The van der Waals surface area contributed by atoms with Crippen LogP contribution in [0.1, 0.15) is 67.0 Å². The lowest BCUT2D eigenvalue weighted by Crippen LogP contribution is -2.53. The van der Waals surface area contributed by atoms with E-state index in [1.54, 1.807) is 21.6 Å². The van der Waals surface area contributed by atoms with E-state index in [2.05, 4.69) is 4.98 Å². The number of rotatable bonds is 6. The highest BCUT2D eigenvalue weighted by Gasteiger charge is 2.36. The Kier molecular flexibility index (Phi) is 7.11. The van der Waals surface area contributed by atoms with Crippen LogP contribution in [0.4, 0.5) is 4.79 Å². The summed E-state index contributed by atoms with van der Waals surface area (Å²) in [6.45, 7) is 8.83. The molecule has 0 radical (unpaired) electrons. The van der Waals surface area contributed by atoms with Crippen molar-refractivity contribution in [3.05, 3.63) is 46.8 Å². The minimum Gasteiger partial charge on any atom is -0.444 e. The van der Waals surface area contributed by atoms with Crippen molar-refractivity contribution in [3.8, 4) is 5.95 Å². The van der Waals surface area contributed by atoms with Crippen molar-refractivity contribution in [2.45, 2.75) is 63.7 Å². The highest BCUT2D eigenvalue weighted by Crippen LogP contribution is 2.36. The minimum atomic E-state index is -3.68. The number of primary amides is 1. The number of nitrogens with two attached hydrogens (primary N) is 1. The molecule has 1 aromatic carbocycles. The molecule has 0 saturated carbocycles. The van der Waals surface area contributed by atoms with Crippen LogP contribution >= 0.6 is 0 Å². The summed E-state index contributed by atoms with van der Waals surface area (Å²) in [5.41, 5.74) is 7.93. The van der Waals surface area contributed by atoms with Gasteiger partial charge in [0, 0.05) is 47.5 Å². The summed E-state index contributed by atoms with van der Waals surface area (Å²) >= 11 is 0. The van der Waals surface area contributed by atoms with Crippen LogP contribution in [0.5, 0.6) is 0 Å². The first kappa shape index (κ1) is 28.0. The van der Waals surface area contributed by atoms with Crippen molar-refractivity contribution >= 4 is 32.7 Å². The Morgan fingerprint density at radius 1 is 1.18 bits per heavy atom. The zero-order valence-electron chi connectivity index (χ0n) is 23.4. The highest BCUT2D eigenvalue weighted by molar-refractivity contribution is 7.90. The van der Waals surface area contributed by atoms with Crippen LogP contribution in [0.3, 0.4) is 0 Å². The molecule has 1 saturated heterocycles. The molecule has 12 heteroatoms. The molecule has 3 aromatic rings. The van der Waals surface area contributed by atoms with Crippen molar-refractivity contribution in [1.29, 1.82) is 0 Å². The number of nitrogens with zero attached hydrogens (tertiary/aromatic N) is 4. The lowest BCUT2D eigenvalue weighted by atomic mass is 9.94. The van der Waals surface area contributed by atoms with Crippen molar-refractivity contribution < 1.29 is 27.5 Å². The third kappa shape index (κ3) is 5.42. The second-order valence-electron chi connectivity index (χ2n) is 11.7. The largest absolute Gasteiger partial charge is 0.444 e. The van der Waals surface area contributed by atoms with Crippen LogP contribution in [0, 0.1) is 12.8 Å². The van der Waals surface area contributed by atoms with E-state index in [4.69, 9.17) is 20.2 Å². The lowest BCUT2D eigenvalue weighted by molar-refractivity contribution is -0.0418. The maximum absolute atomic E-state index is 12.9. The summed E-state index contributed by atoms with van der Waals surface area (Å²) in [6.07, 6.45) is 2.36. The number of amides is 2. The Morgan fingerprint density at radius 3 is 2.55 bits per heavy atom. The molecule has 1 atom stereocenters. The van der Waals surface area contributed by atoms with E-state index in [0.717, 1.165) is 18.4 Å². The number of fused-ring (bicyclic) bond motifs is 2. The monoisotopic (exact) mass is 569 g/mol. The molecule has 0 spiro atoms. The van der Waals surface area contributed by atoms with Crippen LogP contribution in [-0.2, 0) is 25.7 Å². The van der Waals surface area contributed by atoms with Gasteiger partial charge in [0.1, 0.15) is 5.60 Å². The van der Waals surface area contributed by atoms with Gasteiger partial charge in [0.05, 0.1) is 23.9 Å². The van der Waals surface area contributed by atoms with Crippen LogP contribution in [0.25, 0.3) is 16.9 Å². The SMILES string of the molecule is Cc1cc2c(C(N)=O)cccc2n1-c1nc2c(c(S(C)(=O)=O)n1)CCC[C@@H]2OCC1CN(C(=O)OC(C)(C)C)C1. The Balaban J connectivity index is 1.46. The molecule has 40 heavy (non-hydrogen) atoms. The number of hydrogen-bond donors (Lipinski definition) is 1. The van der Waals surface area contributed by atoms with Gasteiger partial charge in [0.15, 0.2) is 14.9 Å². The highest BCUT2D eigenvalue weighted by atomic mass is 32.2. The zero-order valence-corrected chi connectivity index (χ0v) is 24.2. The molecule has 2 aromatic heterocycles. The Bertz CT molecular complexity index is 1600. The summed E-state index contributed by atoms with van der Waals surface area (Å²) in [4.78, 5) is 35.3. The molecular weight excluding hydrogens is 534 g/mol. The number of sulfone groups is 1. The normalized spacial score (nSPS) is 17.9. The Hall–Kier alpha value is -3.51. The third-order valence-electron chi connectivity index (χ3n) is 7.18. The molecule has 0 bridgehead atoms. The van der Waals surface area contributed by atoms with Crippen LogP contribution < -0.4 is 5.73 Å². The van der Waals surface area contributed by atoms with E-state index in [1.807, 2.05) is 39.8 Å². The van der Waals surface area contributed by atoms with Gasteiger partial charge in [0.25, 0.3) is 0 Å². The standard InChI is InChI=1S/C28H35N5O6S/c1-16-12-20-18(24(29)34)8-6-10-21(20)33(16)26-30-23-19(25(31-26)40(5,36)37)9-7-11-22(23)38-15-17-13-32(14-17)27(35)39-28(2,3)4/h6,8,10,12,17,22H,7,9,11,13-15H2,1-5H3,(H2,29,34)/t22-/m0/s1. The zero-order chi connectivity index (χ0) is 29.0. The molecule has 3 heterocycles. The van der Waals surface area contributed by atoms with Gasteiger partial charge in [-0.15, -0.1) is 0 Å². The number of carbonyl (C=O) groups is 2. The van der Waals surface area contributed by atoms with E-state index in [9.17, 15) is 18.0 Å². The summed E-state index contributed by atoms with van der Waals surface area (Å²) in [7, 11) is -3.68. The average molecular weight is 570 g/mol. The van der Waals surface area contributed by atoms with Gasteiger partial charge < -0.3 is 20.1 Å². The fourth-order valence-electron chi connectivity index (χ4n) is 5.39. The maximum Gasteiger partial charge on any atom is 0.410 e. The number of aromatic nitrogens is 3. The molecule has 214 valence electrons. The predicted molar refractivity (Wildman–Crippen MR) is 148 cm³/mol. The molecule has 11 nitrogen and oxygen atoms in total. The molecule has 2 aliphatic rings. The fraction of sp³-hybridized carbons (Fsp3) is 0.500. The van der Waals surface area contributed by atoms with E-state index < -0.39 is 27.4 Å². The first-order valence-corrected chi connectivity index (χ1v) is 15.2. The molecule has 2 amide bonds. The number of ether oxygens (including phenoxy) is 2. The molecule has 1 aliphatic carbocycles. The molecule has 2 N–H and O–H groups in total. The molecule has 1 aliphatic heterocycles. The van der Waals surface area contributed by atoms with Gasteiger partial charge in [-0.1, -0.05) is 6.07 Å². The van der Waals surface area contributed by atoms with E-state index in [0.29, 0.717) is 60.3 Å². The van der Waals surface area contributed by atoms with Crippen molar-refractivity contribution in [2.24, 2.45) is 11.7 Å². The maximum atomic E-state index is 12.9. The summed E-state index contributed by atoms with van der Waals surface area (Å²) in [6, 6.07) is 7.01. The van der Waals surface area contributed by atoms with Gasteiger partial charge in [0.2, 0.25) is 11.9 Å². The number of aryl methyl sites for hydroxylation is 1. The molecule has 0 unspecified atom stereocenters. The van der Waals surface area contributed by atoms with E-state index in [1.165, 1.54) is 0 Å². The van der Waals surface area contributed by atoms with Crippen LogP contribution in [-0.4, -0.2) is 71.4 Å². The summed E-state index contributed by atoms with van der Waals surface area (Å²) in [5.74, 6) is -0.208. The van der Waals surface area contributed by atoms with Crippen LogP contribution in [0.2, 0.25) is 0 Å². The Morgan fingerprint density at radius 2 is 1.90 bits per heavy atom. The second kappa shape index (κ2) is 10.2. The molecule has 1 fully saturated rings. The fourth-order valence-corrected chi connectivity index (χ4v) is 6.29. The lowest BCUT2D eigenvalue weighted by Gasteiger charge is -2.40. The molecular formula is C28H35N5O6S. The third-order valence-corrected chi connectivity index (χ3v) is 8.22. The van der Waals surface area contributed by atoms with Crippen molar-refractivity contribution in [3.63, 3.8) is 0 Å². The predicted octanol–water partition coefficient (Wildman–Crippen LogP) is 3.49. The number of likely N-dealkylation sites (tertiary alicyclic amines) is 1. The first-order chi connectivity index (χ1) is 18.7. The quantitative estimate of drug-likeness (QED) is 0.444. The topological polar surface area (TPSA) is 147 Å². The van der Waals surface area contributed by atoms with E-state index >= 15 is 0 Å². The summed E-state index contributed by atoms with van der Waals surface area (Å²) < 4.78 is 39.3. The number of hydrogen-bond acceptors (Lipinski definition) is 8. The van der Waals surface area contributed by atoms with Gasteiger partial charge >= 0.3 is 6.09 Å². The first-order valence-electron chi connectivity index (χ1n) is 13.3. The number of carbonyl (C=O) groups excluding carboxylic acids is 2. The van der Waals surface area contributed by atoms with Gasteiger partial charge in [-0.25, -0.2) is 23.2 Å². The van der Waals surface area contributed by atoms with E-state index in [-0.39, 0.29) is 23.0 Å².